The molecule has 27 heavy (non-hydrogen) atoms. The lowest BCUT2D eigenvalue weighted by Gasteiger charge is -2.49. The van der Waals surface area contributed by atoms with E-state index >= 15 is 0 Å². The molecule has 2 unspecified atom stereocenters. The molecule has 1 saturated heterocycles. The molecule has 2 aliphatic heterocycles. The van der Waals surface area contributed by atoms with Crippen molar-refractivity contribution in [1.29, 1.82) is 0 Å². The summed E-state index contributed by atoms with van der Waals surface area (Å²) in [6, 6.07) is -1.17. The third-order valence-corrected chi connectivity index (χ3v) is 4.81. The minimum absolute atomic E-state index is 0.0562. The molecule has 3 heterocycles. The minimum Gasteiger partial charge on any atom is -0.477 e. The molecule has 0 radical (unpaired) electrons. The maximum Gasteiger partial charge on any atom is 0.408 e. The second-order valence-corrected chi connectivity index (χ2v) is 8.09. The van der Waals surface area contributed by atoms with Gasteiger partial charge < -0.3 is 15.2 Å². The van der Waals surface area contributed by atoms with Crippen LogP contribution < -0.4 is 5.32 Å². The molecule has 2 amide bonds. The molecule has 0 spiro atoms. The standard InChI is InChI=1S/C17H20N4O5S/c1-17(2,3)26-16(25)19-12-10-6-4-9(5-7-11-20-18-8-27-11)13(15(23)24)21(10)14(12)22/h5,7-8,10,12H,4,6H2,1-3H3,(H,19,25)(H,23,24). The Morgan fingerprint density at radius 1 is 1.41 bits per heavy atom. The normalized spacial score (nSPS) is 22.5. The largest absolute Gasteiger partial charge is 0.477 e. The number of alkyl carbamates (subject to hydrolysis) is 1. The van der Waals surface area contributed by atoms with Gasteiger partial charge in [-0.3, -0.25) is 9.69 Å². The average Bonchev–Trinajstić information content (AvgIpc) is 3.08. The summed E-state index contributed by atoms with van der Waals surface area (Å²) in [4.78, 5) is 37.4. The molecule has 3 rings (SSSR count). The lowest BCUT2D eigenvalue weighted by atomic mass is 9.83. The molecular weight excluding hydrogens is 372 g/mol. The maximum absolute atomic E-state index is 12.5. The van der Waals surface area contributed by atoms with Gasteiger partial charge in [0, 0.05) is 0 Å². The van der Waals surface area contributed by atoms with E-state index in [1.165, 1.54) is 16.2 Å². The second-order valence-electron chi connectivity index (χ2n) is 7.23. The van der Waals surface area contributed by atoms with Crippen LogP contribution in [0.2, 0.25) is 0 Å². The molecule has 9 nitrogen and oxygen atoms in total. The van der Waals surface area contributed by atoms with Crippen molar-refractivity contribution >= 4 is 35.4 Å². The van der Waals surface area contributed by atoms with Crippen LogP contribution in [0.4, 0.5) is 4.79 Å². The third-order valence-electron chi connectivity index (χ3n) is 4.15. The van der Waals surface area contributed by atoms with Gasteiger partial charge >= 0.3 is 12.1 Å². The maximum atomic E-state index is 12.5. The van der Waals surface area contributed by atoms with E-state index in [1.54, 1.807) is 38.4 Å². The number of hydrogen-bond acceptors (Lipinski definition) is 7. The summed E-state index contributed by atoms with van der Waals surface area (Å²) in [5.74, 6) is -1.63. The number of nitrogens with one attached hydrogen (secondary N) is 1. The molecule has 0 aromatic carbocycles. The number of ether oxygens (including phenoxy) is 1. The van der Waals surface area contributed by atoms with Gasteiger partial charge in [0.15, 0.2) is 0 Å². The number of carbonyl (C=O) groups excluding carboxylic acids is 2. The average molecular weight is 392 g/mol. The van der Waals surface area contributed by atoms with Gasteiger partial charge in [0.1, 0.15) is 27.9 Å². The Labute approximate surface area is 159 Å². The van der Waals surface area contributed by atoms with Crippen molar-refractivity contribution in [3.8, 4) is 0 Å². The van der Waals surface area contributed by atoms with Crippen LogP contribution in [0.25, 0.3) is 6.08 Å². The molecule has 0 aliphatic carbocycles. The summed E-state index contributed by atoms with van der Waals surface area (Å²) < 4.78 is 5.18. The van der Waals surface area contributed by atoms with Crippen molar-refractivity contribution in [3.63, 3.8) is 0 Å². The van der Waals surface area contributed by atoms with Crippen LogP contribution in [0.15, 0.2) is 22.9 Å². The van der Waals surface area contributed by atoms with Gasteiger partial charge in [-0.15, -0.1) is 21.5 Å². The van der Waals surface area contributed by atoms with Crippen molar-refractivity contribution in [2.45, 2.75) is 51.3 Å². The van der Waals surface area contributed by atoms with E-state index in [9.17, 15) is 19.5 Å². The highest BCUT2D eigenvalue weighted by molar-refractivity contribution is 7.10. The van der Waals surface area contributed by atoms with Gasteiger partial charge in [-0.05, 0) is 45.3 Å². The lowest BCUT2D eigenvalue weighted by molar-refractivity contribution is -0.154. The number of amides is 2. The van der Waals surface area contributed by atoms with Crippen LogP contribution in [-0.4, -0.2) is 55.9 Å². The quantitative estimate of drug-likeness (QED) is 0.749. The molecule has 10 heteroatoms. The number of allylic oxidation sites excluding steroid dienone is 2. The van der Waals surface area contributed by atoms with E-state index in [4.69, 9.17) is 4.74 Å². The molecule has 2 aliphatic rings. The van der Waals surface area contributed by atoms with Crippen molar-refractivity contribution < 1.29 is 24.2 Å². The van der Waals surface area contributed by atoms with Crippen LogP contribution in [-0.2, 0) is 14.3 Å². The van der Waals surface area contributed by atoms with Gasteiger partial charge in [-0.1, -0.05) is 6.08 Å². The van der Waals surface area contributed by atoms with E-state index in [0.29, 0.717) is 23.4 Å². The number of nitrogens with zero attached hydrogens (tertiary/aromatic N) is 3. The summed E-state index contributed by atoms with van der Waals surface area (Å²) >= 11 is 1.33. The van der Waals surface area contributed by atoms with Gasteiger partial charge in [-0.2, -0.15) is 0 Å². The van der Waals surface area contributed by atoms with Gasteiger partial charge in [0.05, 0.1) is 6.04 Å². The number of aromatic nitrogens is 2. The Morgan fingerprint density at radius 2 is 2.15 bits per heavy atom. The number of hydrogen-bond donors (Lipinski definition) is 2. The zero-order valence-corrected chi connectivity index (χ0v) is 15.9. The lowest BCUT2D eigenvalue weighted by Crippen LogP contribution is -2.71. The van der Waals surface area contributed by atoms with E-state index in [-0.39, 0.29) is 5.70 Å². The van der Waals surface area contributed by atoms with Crippen molar-refractivity contribution in [2.75, 3.05) is 0 Å². The van der Waals surface area contributed by atoms with Crippen LogP contribution in [0.1, 0.15) is 38.6 Å². The number of carboxylic acid groups (broad SMARTS) is 1. The van der Waals surface area contributed by atoms with Crippen LogP contribution in [0.5, 0.6) is 0 Å². The molecule has 2 N–H and O–H groups in total. The Kier molecular flexibility index (Phi) is 5.01. The smallest absolute Gasteiger partial charge is 0.408 e. The van der Waals surface area contributed by atoms with Gasteiger partial charge in [0.2, 0.25) is 0 Å². The van der Waals surface area contributed by atoms with Gasteiger partial charge in [0.25, 0.3) is 5.91 Å². The van der Waals surface area contributed by atoms with E-state index in [1.807, 2.05) is 0 Å². The highest BCUT2D eigenvalue weighted by atomic mass is 32.1. The van der Waals surface area contributed by atoms with Crippen molar-refractivity contribution in [1.82, 2.24) is 20.4 Å². The Hall–Kier alpha value is -2.75. The predicted molar refractivity (Wildman–Crippen MR) is 96.6 cm³/mol. The SMILES string of the molecule is CC(C)(C)OC(=O)NC1C(=O)N2C(C(=O)O)=C(C=Cc3nncs3)CCC12. The van der Waals surface area contributed by atoms with Crippen LogP contribution in [0, 0.1) is 0 Å². The number of fused-ring (bicyclic) bond motifs is 1. The first-order valence-corrected chi connectivity index (χ1v) is 9.28. The molecule has 1 aromatic rings. The molecule has 0 bridgehead atoms. The molecule has 2 atom stereocenters. The fourth-order valence-corrected chi connectivity index (χ4v) is 3.56. The topological polar surface area (TPSA) is 122 Å². The molecule has 1 fully saturated rings. The number of aliphatic carboxylic acids is 1. The van der Waals surface area contributed by atoms with E-state index < -0.39 is 35.7 Å². The molecule has 144 valence electrons. The second kappa shape index (κ2) is 7.10. The first-order valence-electron chi connectivity index (χ1n) is 8.40. The van der Waals surface area contributed by atoms with E-state index in [2.05, 4.69) is 15.5 Å². The summed E-state index contributed by atoms with van der Waals surface area (Å²) in [7, 11) is 0. The summed E-state index contributed by atoms with van der Waals surface area (Å²) in [6.45, 7) is 5.18. The Bertz CT molecular complexity index is 825. The highest BCUT2D eigenvalue weighted by Gasteiger charge is 2.53. The van der Waals surface area contributed by atoms with Gasteiger partial charge in [-0.25, -0.2) is 9.59 Å². The predicted octanol–water partition coefficient (Wildman–Crippen LogP) is 1.79. The Morgan fingerprint density at radius 3 is 2.74 bits per heavy atom. The number of β-lactam (4-membered cyclic amide) rings is 1. The highest BCUT2D eigenvalue weighted by Crippen LogP contribution is 2.37. The zero-order chi connectivity index (χ0) is 19.8. The minimum atomic E-state index is -1.18. The summed E-state index contributed by atoms with van der Waals surface area (Å²) in [5, 5.41) is 20.4. The monoisotopic (exact) mass is 392 g/mol. The fourth-order valence-electron chi connectivity index (χ4n) is 3.11. The fraction of sp³-hybridized carbons (Fsp3) is 0.471. The molecular formula is C17H20N4O5S. The molecule has 1 aromatic heterocycles. The zero-order valence-electron chi connectivity index (χ0n) is 15.1. The third kappa shape index (κ3) is 4.00. The summed E-state index contributed by atoms with van der Waals surface area (Å²) in [5.41, 5.74) is 1.38. The number of carboxylic acids is 1. The van der Waals surface area contributed by atoms with Crippen molar-refractivity contribution in [2.24, 2.45) is 0 Å². The number of carbonyl (C=O) groups is 3. The first-order chi connectivity index (χ1) is 12.7. The first kappa shape index (κ1) is 19.0. The number of rotatable bonds is 4. The Balaban J connectivity index is 1.76. The molecule has 0 saturated carbocycles. The summed E-state index contributed by atoms with van der Waals surface area (Å²) in [6.07, 6.45) is 3.65. The van der Waals surface area contributed by atoms with Crippen molar-refractivity contribution in [3.05, 3.63) is 27.9 Å². The van der Waals surface area contributed by atoms with Crippen LogP contribution >= 0.6 is 11.3 Å². The van der Waals surface area contributed by atoms with Crippen LogP contribution in [0.3, 0.4) is 0 Å². The van der Waals surface area contributed by atoms with E-state index in [0.717, 1.165) is 0 Å².